The van der Waals surface area contributed by atoms with Gasteiger partial charge in [-0.1, -0.05) is 47.6 Å². The van der Waals surface area contributed by atoms with Crippen LogP contribution in [0.4, 0.5) is 22.2 Å². The molecule has 3 aliphatic heterocycles. The maximum atomic E-state index is 13.0. The van der Waals surface area contributed by atoms with E-state index in [0.29, 0.717) is 80.0 Å². The minimum absolute atomic E-state index is 0.0626. The van der Waals surface area contributed by atoms with Gasteiger partial charge >= 0.3 is 6.09 Å². The fraction of sp³-hybridized carbons (Fsp3) is 0.491. The minimum Gasteiger partial charge on any atom is -0.508 e. The van der Waals surface area contributed by atoms with Gasteiger partial charge in [-0.25, -0.2) is 19.7 Å². The smallest absolute Gasteiger partial charge is 0.409 e. The first-order chi connectivity index (χ1) is 39.4. The molecule has 3 amide bonds. The molecule has 3 aromatic carbocycles. The number of aromatic nitrogens is 4. The number of phenolic OH excluding ortho intramolecular Hbond substituents is 2. The van der Waals surface area contributed by atoms with Crippen molar-refractivity contribution in [3.63, 3.8) is 0 Å². The minimum atomic E-state index is -0.649. The molecule has 8 rings (SSSR count). The average molecular weight is 1160 g/mol. The van der Waals surface area contributed by atoms with Crippen molar-refractivity contribution in [2.45, 2.75) is 77.6 Å². The number of carbonyl (C=O) groups is 3. The Morgan fingerprint density at radius 3 is 2.27 bits per heavy atom. The van der Waals surface area contributed by atoms with E-state index >= 15 is 0 Å². The molecule has 82 heavy (non-hydrogen) atoms. The molecule has 5 aromatic rings. The molecule has 2 saturated heterocycles. The molecule has 440 valence electrons. The number of nitrogens with zero attached hydrogens (tertiary/aromatic N) is 10. The summed E-state index contributed by atoms with van der Waals surface area (Å²) in [6.07, 6.45) is 5.30. The number of aromatic hydroxyl groups is 2. The number of benzene rings is 3. The maximum absolute atomic E-state index is 13.0. The summed E-state index contributed by atoms with van der Waals surface area (Å²) < 4.78 is 19.7. The Kier molecular flexibility index (Phi) is 20.9. The second-order valence-corrected chi connectivity index (χ2v) is 24.4. The van der Waals surface area contributed by atoms with Gasteiger partial charge in [-0.2, -0.15) is 4.99 Å². The standard InChI is InChI=1S/C57H77N15O8S2/c1-7-61-53(76)50(59)72(49(58)43-32-42(37(2)3)44(73)33-45(43)74)40-12-10-38(11-13-40)36-69-23-21-67(22-24-69)18-8-16-57(4,5)82-81-31-30-80-56(77)70-27-25-68(26-28-70)19-9-29-79-46-15-14-41-47(48(46)78-6)65-55(71-20-17-62-51(41)71)66-52(75)39-34-63-54(60)64-35-39/h10-15,32-35,37,58-59,62,73-74H,7-9,16-31,36H2,1-6H3,(H,61,76)(H2,60,63,64). The molecule has 0 atom stereocenters. The van der Waals surface area contributed by atoms with Gasteiger partial charge in [-0.3, -0.25) is 39.7 Å². The summed E-state index contributed by atoms with van der Waals surface area (Å²) in [5.74, 6) is 0.159. The molecule has 0 radical (unpaired) electrons. The van der Waals surface area contributed by atoms with Crippen molar-refractivity contribution in [1.82, 2.24) is 44.4 Å². The molecule has 2 aromatic heterocycles. The third kappa shape index (κ3) is 15.5. The van der Waals surface area contributed by atoms with Gasteiger partial charge in [0.25, 0.3) is 11.8 Å². The molecular formula is C57H77N15O8S2. The first-order valence-corrected chi connectivity index (χ1v) is 30.2. The van der Waals surface area contributed by atoms with Gasteiger partial charge in [-0.05, 0) is 94.0 Å². The third-order valence-electron chi connectivity index (χ3n) is 14.5. The Balaban J connectivity index is 0.696. The summed E-state index contributed by atoms with van der Waals surface area (Å²) in [5, 5.41) is 45.9. The van der Waals surface area contributed by atoms with Crippen LogP contribution in [0.3, 0.4) is 0 Å². The van der Waals surface area contributed by atoms with E-state index in [1.807, 2.05) is 53.5 Å². The van der Waals surface area contributed by atoms with E-state index in [2.05, 4.69) is 54.1 Å². The van der Waals surface area contributed by atoms with Crippen LogP contribution in [0.15, 0.2) is 65.9 Å². The van der Waals surface area contributed by atoms with Crippen molar-refractivity contribution in [2.75, 3.05) is 121 Å². The summed E-state index contributed by atoms with van der Waals surface area (Å²) in [4.78, 5) is 66.1. The first kappa shape index (κ1) is 60.9. The number of anilines is 3. The van der Waals surface area contributed by atoms with Crippen LogP contribution in [-0.2, 0) is 22.6 Å². The topological polar surface area (TPSA) is 289 Å². The Hall–Kier alpha value is -7.19. The number of nitrogen functional groups attached to an aromatic ring is 1. The van der Waals surface area contributed by atoms with Gasteiger partial charge in [-0.15, -0.1) is 0 Å². The van der Waals surface area contributed by atoms with Crippen LogP contribution in [0, 0.1) is 10.8 Å². The highest BCUT2D eigenvalue weighted by Crippen LogP contribution is 2.40. The lowest BCUT2D eigenvalue weighted by atomic mass is 9.98. The molecule has 23 nitrogen and oxygen atoms in total. The fourth-order valence-electron chi connectivity index (χ4n) is 10.1. The molecule has 0 bridgehead atoms. The molecular weight excluding hydrogens is 1090 g/mol. The molecule has 3 aliphatic rings. The van der Waals surface area contributed by atoms with Crippen LogP contribution >= 0.6 is 21.6 Å². The molecule has 0 unspecified atom stereocenters. The Morgan fingerprint density at radius 1 is 0.902 bits per heavy atom. The highest BCUT2D eigenvalue weighted by Gasteiger charge is 2.29. The maximum Gasteiger partial charge on any atom is 0.409 e. The van der Waals surface area contributed by atoms with Crippen LogP contribution in [0.25, 0.3) is 10.9 Å². The van der Waals surface area contributed by atoms with Crippen LogP contribution in [-0.4, -0.2) is 188 Å². The van der Waals surface area contributed by atoms with Gasteiger partial charge in [0.15, 0.2) is 17.3 Å². The van der Waals surface area contributed by atoms with E-state index in [1.54, 1.807) is 41.9 Å². The number of ether oxygens (including phenoxy) is 3. The van der Waals surface area contributed by atoms with E-state index in [-0.39, 0.29) is 56.8 Å². The second kappa shape index (κ2) is 28.2. The summed E-state index contributed by atoms with van der Waals surface area (Å²) in [6, 6.07) is 14.0. The molecule has 0 spiro atoms. The number of phenols is 2. The highest BCUT2D eigenvalue weighted by atomic mass is 33.1. The van der Waals surface area contributed by atoms with Crippen molar-refractivity contribution in [3.05, 3.63) is 88.8 Å². The van der Waals surface area contributed by atoms with Crippen molar-refractivity contribution >= 4 is 79.5 Å². The summed E-state index contributed by atoms with van der Waals surface area (Å²) in [7, 11) is 5.16. The monoisotopic (exact) mass is 1160 g/mol. The highest BCUT2D eigenvalue weighted by molar-refractivity contribution is 8.77. The third-order valence-corrected chi connectivity index (χ3v) is 17.9. The number of piperazine rings is 2. The predicted molar refractivity (Wildman–Crippen MR) is 322 cm³/mol. The molecule has 0 saturated carbocycles. The summed E-state index contributed by atoms with van der Waals surface area (Å²) >= 11 is 0. The zero-order valence-corrected chi connectivity index (χ0v) is 49.3. The summed E-state index contributed by atoms with van der Waals surface area (Å²) in [6.45, 7) is 21.5. The number of methoxy groups -OCH3 is 1. The number of hydrogen-bond donors (Lipinski definition) is 7. The second-order valence-electron chi connectivity index (χ2n) is 21.3. The van der Waals surface area contributed by atoms with Gasteiger partial charge < -0.3 is 50.6 Å². The number of amidine groups is 2. The number of amides is 3. The zero-order valence-electron chi connectivity index (χ0n) is 47.7. The van der Waals surface area contributed by atoms with E-state index in [9.17, 15) is 24.6 Å². The summed E-state index contributed by atoms with van der Waals surface area (Å²) in [5.41, 5.74) is 8.68. The normalized spacial score (nSPS) is 15.3. The van der Waals surface area contributed by atoms with Crippen LogP contribution < -0.4 is 36.4 Å². The molecule has 5 heterocycles. The average Bonchev–Trinajstić information content (AvgIpc) is 3.16. The van der Waals surface area contributed by atoms with Crippen molar-refractivity contribution < 1.29 is 38.8 Å². The van der Waals surface area contributed by atoms with Gasteiger partial charge in [0.2, 0.25) is 11.6 Å². The molecule has 2 fully saturated rings. The molecule has 8 N–H and O–H groups in total. The molecule has 0 aliphatic carbocycles. The zero-order chi connectivity index (χ0) is 58.5. The van der Waals surface area contributed by atoms with Gasteiger partial charge in [0, 0.05) is 125 Å². The molecule has 25 heteroatoms. The van der Waals surface area contributed by atoms with Crippen molar-refractivity contribution in [2.24, 2.45) is 4.99 Å². The van der Waals surface area contributed by atoms with Crippen LogP contribution in [0.2, 0.25) is 0 Å². The Morgan fingerprint density at radius 2 is 1.59 bits per heavy atom. The number of rotatable bonds is 22. The van der Waals surface area contributed by atoms with E-state index < -0.39 is 17.6 Å². The fourth-order valence-corrected chi connectivity index (χ4v) is 12.5. The first-order valence-electron chi connectivity index (χ1n) is 27.9. The number of carbonyl (C=O) groups excluding carboxylic acids is 3. The predicted octanol–water partition coefficient (Wildman–Crippen LogP) is 6.34. The lowest BCUT2D eigenvalue weighted by molar-refractivity contribution is -0.114. The lowest BCUT2D eigenvalue weighted by Crippen LogP contribution is -2.49. The quantitative estimate of drug-likeness (QED) is 0.0172. The lowest BCUT2D eigenvalue weighted by Gasteiger charge is -2.35. The van der Waals surface area contributed by atoms with E-state index in [4.69, 9.17) is 35.7 Å². The largest absolute Gasteiger partial charge is 0.508 e. The number of fused-ring (bicyclic) bond motifs is 3. The van der Waals surface area contributed by atoms with Crippen molar-refractivity contribution in [1.29, 1.82) is 10.8 Å². The van der Waals surface area contributed by atoms with Crippen molar-refractivity contribution in [3.8, 4) is 23.0 Å². The number of nitrogens with one attached hydrogen (secondary N) is 4. The van der Waals surface area contributed by atoms with Gasteiger partial charge in [0.1, 0.15) is 35.3 Å². The van der Waals surface area contributed by atoms with E-state index in [0.717, 1.165) is 94.9 Å². The SMILES string of the molecule is CCNC(=O)C(=N)N(C(=N)c1cc(C(C)C)c(O)cc1O)c1ccc(CN2CCN(CCCC(C)(C)SSCCOC(=O)N3CCN(CCCOc4ccc5c6n(c(=NC(=O)c7cnc(N)nc7)nc5c4OC)CCN6)CC3)CC2)cc1. The number of likely N-dealkylation sites (N-methyl/N-ethyl adjacent to an activating group) is 1. The van der Waals surface area contributed by atoms with Crippen LogP contribution in [0.5, 0.6) is 23.0 Å². The number of hydrogen-bond acceptors (Lipinski definition) is 20. The van der Waals surface area contributed by atoms with Crippen LogP contribution in [0.1, 0.15) is 86.8 Å². The number of nitrogens with two attached hydrogens (primary N) is 1. The Labute approximate surface area is 486 Å². The van der Waals surface area contributed by atoms with Gasteiger partial charge in [0.05, 0.1) is 24.8 Å². The Bertz CT molecular complexity index is 3150. The van der Waals surface area contributed by atoms with E-state index in [1.165, 1.54) is 29.4 Å².